The topological polar surface area (TPSA) is 83.8 Å². The van der Waals surface area contributed by atoms with Crippen LogP contribution in [0.1, 0.15) is 212 Å². The van der Waals surface area contributed by atoms with E-state index in [-0.39, 0.29) is 84.7 Å². The SMILES string of the molecule is CCCCCCC(O)CCCCCCCCCCC(=O)OC(CCCCCC)CCCCCCCCCCC(=O)O.[Ca+2].[H-].[H-].[H-].[H-].[Mg+2]. The number of carboxylic acid groups (broad SMARTS) is 1. The number of rotatable bonds is 33. The molecule has 0 aromatic rings. The molecule has 0 heterocycles. The van der Waals surface area contributed by atoms with Gasteiger partial charge in [0.1, 0.15) is 6.10 Å². The number of unbranched alkanes of at least 4 members (excludes halogenated alkanes) is 20. The number of esters is 1. The van der Waals surface area contributed by atoms with E-state index in [1.54, 1.807) is 0 Å². The molecule has 0 spiro atoms. The summed E-state index contributed by atoms with van der Waals surface area (Å²) in [6, 6.07) is 0. The summed E-state index contributed by atoms with van der Waals surface area (Å²) >= 11 is 0. The van der Waals surface area contributed by atoms with Gasteiger partial charge in [-0.2, -0.15) is 0 Å². The molecule has 0 saturated carbocycles. The molecular weight excluding hydrogens is 577 g/mol. The number of hydrogen-bond acceptors (Lipinski definition) is 4. The molecule has 0 radical (unpaired) electrons. The molecule has 0 rings (SSSR count). The summed E-state index contributed by atoms with van der Waals surface area (Å²) in [5, 5.41) is 18.8. The first-order valence-corrected chi connectivity index (χ1v) is 18.1. The van der Waals surface area contributed by atoms with Gasteiger partial charge in [0, 0.05) is 12.8 Å². The Morgan fingerprint density at radius 1 is 0.535 bits per heavy atom. The van der Waals surface area contributed by atoms with E-state index >= 15 is 0 Å². The van der Waals surface area contributed by atoms with Crippen molar-refractivity contribution in [1.82, 2.24) is 0 Å². The zero-order chi connectivity index (χ0) is 30.2. The van der Waals surface area contributed by atoms with Crippen molar-refractivity contribution in [3.8, 4) is 0 Å². The van der Waals surface area contributed by atoms with Gasteiger partial charge < -0.3 is 20.7 Å². The minimum absolute atomic E-state index is 0. The second kappa shape index (κ2) is 39.1. The third-order valence-corrected chi connectivity index (χ3v) is 8.40. The quantitative estimate of drug-likeness (QED) is 0.0419. The van der Waals surface area contributed by atoms with Gasteiger partial charge in [-0.3, -0.25) is 9.59 Å². The van der Waals surface area contributed by atoms with Crippen LogP contribution in [0.15, 0.2) is 0 Å². The average molecular weight is 651 g/mol. The molecule has 2 N–H and O–H groups in total. The molecule has 0 aromatic heterocycles. The fourth-order valence-corrected chi connectivity index (χ4v) is 5.68. The first-order chi connectivity index (χ1) is 20.0. The van der Waals surface area contributed by atoms with Crippen LogP contribution in [0.2, 0.25) is 0 Å². The van der Waals surface area contributed by atoms with Gasteiger partial charge in [-0.1, -0.05) is 142 Å². The maximum atomic E-state index is 12.5. The van der Waals surface area contributed by atoms with Gasteiger partial charge in [-0.25, -0.2) is 0 Å². The van der Waals surface area contributed by atoms with E-state index < -0.39 is 5.97 Å². The fraction of sp³-hybridized carbons (Fsp3) is 0.944. The van der Waals surface area contributed by atoms with Crippen molar-refractivity contribution in [3.05, 3.63) is 0 Å². The standard InChI is InChI=1S/C36H70O5.Ca.Mg.4H/c1-3-5-7-21-27-33(37)28-22-17-13-9-12-16-20-26-32-36(40)41-34(29-23-8-6-4-2)30-24-18-14-10-11-15-19-25-31-35(38)39;;;;;;/h33-34,37H,3-32H2,1-2H3,(H,38,39);;;;;;/q;2*+2;4*-1. The molecule has 0 aromatic carbocycles. The van der Waals surface area contributed by atoms with Crippen LogP contribution in [0.5, 0.6) is 0 Å². The normalized spacial score (nSPS) is 12.3. The summed E-state index contributed by atoms with van der Waals surface area (Å²) in [4.78, 5) is 23.1. The second-order valence-electron chi connectivity index (χ2n) is 12.6. The Hall–Kier alpha value is 0.926. The molecule has 2 unspecified atom stereocenters. The molecule has 5 nitrogen and oxygen atoms in total. The molecule has 252 valence electrons. The maximum absolute atomic E-state index is 12.5. The predicted octanol–water partition coefficient (Wildman–Crippen LogP) is 10.8. The van der Waals surface area contributed by atoms with Crippen molar-refractivity contribution in [2.24, 2.45) is 0 Å². The molecule has 0 aliphatic carbocycles. The Labute approximate surface area is 319 Å². The van der Waals surface area contributed by atoms with Crippen molar-refractivity contribution in [2.45, 2.75) is 219 Å². The van der Waals surface area contributed by atoms with Crippen molar-refractivity contribution in [3.63, 3.8) is 0 Å². The molecule has 0 fully saturated rings. The molecule has 0 aliphatic rings. The monoisotopic (exact) mass is 651 g/mol. The van der Waals surface area contributed by atoms with Crippen LogP contribution in [0, 0.1) is 0 Å². The maximum Gasteiger partial charge on any atom is 2.00 e. The van der Waals surface area contributed by atoms with Crippen LogP contribution >= 0.6 is 0 Å². The molecule has 0 aliphatic heterocycles. The van der Waals surface area contributed by atoms with Crippen molar-refractivity contribution < 1.29 is 30.2 Å². The minimum Gasteiger partial charge on any atom is -1.00 e. The summed E-state index contributed by atoms with van der Waals surface area (Å²) in [5.41, 5.74) is 0. The van der Waals surface area contributed by atoms with Crippen LogP contribution in [0.25, 0.3) is 0 Å². The minimum atomic E-state index is -0.687. The summed E-state index contributed by atoms with van der Waals surface area (Å²) < 4.78 is 5.94. The van der Waals surface area contributed by atoms with Gasteiger partial charge in [0.2, 0.25) is 0 Å². The van der Waals surface area contributed by atoms with Crippen LogP contribution in [-0.2, 0) is 14.3 Å². The molecular formula is C36H74CaMgO5. The molecule has 7 heteroatoms. The summed E-state index contributed by atoms with van der Waals surface area (Å²) in [7, 11) is 0. The van der Waals surface area contributed by atoms with E-state index in [1.807, 2.05) is 0 Å². The fourth-order valence-electron chi connectivity index (χ4n) is 5.68. The number of carboxylic acids is 1. The van der Waals surface area contributed by atoms with Gasteiger partial charge in [-0.15, -0.1) is 0 Å². The summed E-state index contributed by atoms with van der Waals surface area (Å²) in [5.74, 6) is -0.687. The Morgan fingerprint density at radius 3 is 1.26 bits per heavy atom. The van der Waals surface area contributed by atoms with Gasteiger partial charge in [0.25, 0.3) is 0 Å². The molecule has 0 saturated heterocycles. The molecule has 43 heavy (non-hydrogen) atoms. The smallest absolute Gasteiger partial charge is 1.00 e. The number of carbonyl (C=O) groups excluding carboxylic acids is 1. The molecule has 0 bridgehead atoms. The van der Waals surface area contributed by atoms with E-state index in [0.717, 1.165) is 77.0 Å². The van der Waals surface area contributed by atoms with Crippen molar-refractivity contribution >= 4 is 72.7 Å². The largest absolute Gasteiger partial charge is 2.00 e. The number of aliphatic carboxylic acids is 1. The zero-order valence-electron chi connectivity index (χ0n) is 32.9. The number of hydrogen-bond donors (Lipinski definition) is 2. The third kappa shape index (κ3) is 39.0. The summed E-state index contributed by atoms with van der Waals surface area (Å²) in [6.45, 7) is 4.45. The zero-order valence-corrected chi connectivity index (χ0v) is 32.5. The van der Waals surface area contributed by atoms with E-state index in [2.05, 4.69) is 13.8 Å². The third-order valence-electron chi connectivity index (χ3n) is 8.40. The number of carbonyl (C=O) groups is 2. The van der Waals surface area contributed by atoms with Gasteiger partial charge >= 0.3 is 72.7 Å². The predicted molar refractivity (Wildman–Crippen MR) is 189 cm³/mol. The van der Waals surface area contributed by atoms with E-state index in [0.29, 0.717) is 12.8 Å². The Balaban J connectivity index is -0.000000533. The number of ether oxygens (including phenoxy) is 1. The molecule has 2 atom stereocenters. The van der Waals surface area contributed by atoms with Crippen LogP contribution in [0.4, 0.5) is 0 Å². The molecule has 0 amide bonds. The van der Waals surface area contributed by atoms with Crippen LogP contribution in [0.3, 0.4) is 0 Å². The summed E-state index contributed by atoms with van der Waals surface area (Å²) in [6.07, 6.45) is 32.9. The Morgan fingerprint density at radius 2 is 0.860 bits per heavy atom. The van der Waals surface area contributed by atoms with Crippen molar-refractivity contribution in [1.29, 1.82) is 0 Å². The second-order valence-corrected chi connectivity index (χ2v) is 12.6. The van der Waals surface area contributed by atoms with Gasteiger partial charge in [0.05, 0.1) is 6.10 Å². The van der Waals surface area contributed by atoms with E-state index in [1.165, 1.54) is 103 Å². The van der Waals surface area contributed by atoms with E-state index in [4.69, 9.17) is 9.84 Å². The van der Waals surface area contributed by atoms with Crippen LogP contribution < -0.4 is 0 Å². The van der Waals surface area contributed by atoms with Crippen LogP contribution in [-0.4, -0.2) is 95.2 Å². The number of aliphatic hydroxyl groups excluding tert-OH is 1. The first kappa shape index (κ1) is 48.3. The van der Waals surface area contributed by atoms with Crippen molar-refractivity contribution in [2.75, 3.05) is 0 Å². The number of aliphatic hydroxyl groups is 1. The van der Waals surface area contributed by atoms with Gasteiger partial charge in [0.15, 0.2) is 0 Å². The Kier molecular flexibility index (Phi) is 43.9. The Bertz CT molecular complexity index is 598. The average Bonchev–Trinajstić information content (AvgIpc) is 2.95. The van der Waals surface area contributed by atoms with Gasteiger partial charge in [-0.05, 0) is 51.4 Å². The van der Waals surface area contributed by atoms with E-state index in [9.17, 15) is 14.7 Å². The first-order valence-electron chi connectivity index (χ1n) is 18.1.